The van der Waals surface area contributed by atoms with Crippen molar-refractivity contribution >= 4 is 26.8 Å². The van der Waals surface area contributed by atoms with Crippen LogP contribution in [-0.2, 0) is 34.7 Å². The normalized spacial score (nSPS) is 11.8. The molecule has 1 heterocycles. The van der Waals surface area contributed by atoms with Crippen LogP contribution in [0.3, 0.4) is 0 Å². The predicted molar refractivity (Wildman–Crippen MR) is 91.9 cm³/mol. The van der Waals surface area contributed by atoms with Gasteiger partial charge in [-0.2, -0.15) is 0 Å². The van der Waals surface area contributed by atoms with Crippen molar-refractivity contribution < 1.29 is 13.2 Å². The standard InChI is InChI=1S/C16H23N3O3S/c1-4-18-16(20)10-13-11-19(3)15-6-5-12(9-14(13)15)7-8-23(21,22)17-2/h5-6,9,11,17H,4,7-8,10H2,1-3H3,(H,18,20). The molecule has 23 heavy (non-hydrogen) atoms. The van der Waals surface area contributed by atoms with Crippen molar-refractivity contribution in [3.8, 4) is 0 Å². The van der Waals surface area contributed by atoms with E-state index in [4.69, 9.17) is 0 Å². The Labute approximate surface area is 136 Å². The second-order valence-corrected chi connectivity index (χ2v) is 7.57. The van der Waals surface area contributed by atoms with E-state index in [1.54, 1.807) is 0 Å². The van der Waals surface area contributed by atoms with E-state index in [2.05, 4.69) is 10.0 Å². The first kappa shape index (κ1) is 17.5. The van der Waals surface area contributed by atoms with Crippen molar-refractivity contribution in [2.24, 2.45) is 7.05 Å². The number of likely N-dealkylation sites (N-methyl/N-ethyl adjacent to an activating group) is 1. The molecular weight excluding hydrogens is 314 g/mol. The average Bonchev–Trinajstić information content (AvgIpc) is 2.81. The van der Waals surface area contributed by atoms with Crippen molar-refractivity contribution in [2.75, 3.05) is 19.3 Å². The molecule has 0 saturated heterocycles. The van der Waals surface area contributed by atoms with Gasteiger partial charge in [0, 0.05) is 30.7 Å². The van der Waals surface area contributed by atoms with Gasteiger partial charge in [-0.25, -0.2) is 13.1 Å². The van der Waals surface area contributed by atoms with Gasteiger partial charge in [-0.1, -0.05) is 6.07 Å². The predicted octanol–water partition coefficient (Wildman–Crippen LogP) is 0.949. The minimum atomic E-state index is -3.22. The van der Waals surface area contributed by atoms with Crippen LogP contribution < -0.4 is 10.0 Å². The second-order valence-electron chi connectivity index (χ2n) is 5.52. The number of fused-ring (bicyclic) bond motifs is 1. The van der Waals surface area contributed by atoms with E-state index in [-0.39, 0.29) is 11.7 Å². The molecule has 0 aliphatic heterocycles. The molecule has 0 spiro atoms. The van der Waals surface area contributed by atoms with Gasteiger partial charge in [-0.3, -0.25) is 4.79 Å². The van der Waals surface area contributed by atoms with Crippen molar-refractivity contribution in [3.63, 3.8) is 0 Å². The Morgan fingerprint density at radius 3 is 2.70 bits per heavy atom. The number of rotatable bonds is 7. The molecule has 0 aliphatic rings. The zero-order chi connectivity index (χ0) is 17.0. The minimum Gasteiger partial charge on any atom is -0.356 e. The van der Waals surface area contributed by atoms with Crippen LogP contribution in [0, 0.1) is 0 Å². The summed E-state index contributed by atoms with van der Waals surface area (Å²) < 4.78 is 27.4. The largest absolute Gasteiger partial charge is 0.356 e. The Kier molecular flexibility index (Phi) is 5.43. The van der Waals surface area contributed by atoms with E-state index in [9.17, 15) is 13.2 Å². The number of benzene rings is 1. The third-order valence-corrected chi connectivity index (χ3v) is 5.20. The van der Waals surface area contributed by atoms with E-state index in [0.717, 1.165) is 22.0 Å². The van der Waals surface area contributed by atoms with Crippen molar-refractivity contribution in [1.29, 1.82) is 0 Å². The third kappa shape index (κ3) is 4.33. The highest BCUT2D eigenvalue weighted by Gasteiger charge is 2.12. The molecule has 126 valence electrons. The fourth-order valence-electron chi connectivity index (χ4n) is 2.60. The molecule has 2 rings (SSSR count). The monoisotopic (exact) mass is 337 g/mol. The lowest BCUT2D eigenvalue weighted by Crippen LogP contribution is -2.24. The van der Waals surface area contributed by atoms with E-state index in [1.165, 1.54) is 7.05 Å². The number of carbonyl (C=O) groups is 1. The molecule has 0 aliphatic carbocycles. The minimum absolute atomic E-state index is 0.0110. The number of nitrogens with zero attached hydrogens (tertiary/aromatic N) is 1. The molecule has 0 atom stereocenters. The molecule has 2 aromatic rings. The SMILES string of the molecule is CCNC(=O)Cc1cn(C)c2ccc(CCS(=O)(=O)NC)cc12. The first-order valence-corrected chi connectivity index (χ1v) is 9.26. The first-order chi connectivity index (χ1) is 10.9. The highest BCUT2D eigenvalue weighted by Crippen LogP contribution is 2.23. The van der Waals surface area contributed by atoms with Gasteiger partial charge in [0.1, 0.15) is 0 Å². The number of aromatic nitrogens is 1. The van der Waals surface area contributed by atoms with Crippen molar-refractivity contribution in [1.82, 2.24) is 14.6 Å². The summed E-state index contributed by atoms with van der Waals surface area (Å²) in [4.78, 5) is 11.8. The molecule has 0 bridgehead atoms. The van der Waals surface area contributed by atoms with Gasteiger partial charge in [-0.15, -0.1) is 0 Å². The Morgan fingerprint density at radius 2 is 2.04 bits per heavy atom. The van der Waals surface area contributed by atoms with E-state index < -0.39 is 10.0 Å². The summed E-state index contributed by atoms with van der Waals surface area (Å²) in [7, 11) is 0.134. The third-order valence-electron chi connectivity index (χ3n) is 3.83. The molecule has 0 unspecified atom stereocenters. The lowest BCUT2D eigenvalue weighted by molar-refractivity contribution is -0.120. The van der Waals surface area contributed by atoms with Crippen LogP contribution in [0.4, 0.5) is 0 Å². The van der Waals surface area contributed by atoms with E-state index >= 15 is 0 Å². The number of sulfonamides is 1. The Bertz CT molecular complexity index is 809. The lowest BCUT2D eigenvalue weighted by Gasteiger charge is -2.05. The zero-order valence-electron chi connectivity index (χ0n) is 13.7. The number of hydrogen-bond acceptors (Lipinski definition) is 3. The van der Waals surface area contributed by atoms with Crippen LogP contribution in [0.1, 0.15) is 18.1 Å². The Hall–Kier alpha value is -1.86. The molecule has 7 heteroatoms. The molecular formula is C16H23N3O3S. The Balaban J connectivity index is 2.28. The fraction of sp³-hybridized carbons (Fsp3) is 0.438. The van der Waals surface area contributed by atoms with Crippen LogP contribution in [0.5, 0.6) is 0 Å². The van der Waals surface area contributed by atoms with Gasteiger partial charge in [-0.05, 0) is 43.7 Å². The number of aryl methyl sites for hydroxylation is 2. The average molecular weight is 337 g/mol. The number of nitrogens with one attached hydrogen (secondary N) is 2. The lowest BCUT2D eigenvalue weighted by atomic mass is 10.1. The molecule has 0 saturated carbocycles. The van der Waals surface area contributed by atoms with Gasteiger partial charge >= 0.3 is 0 Å². The quantitative estimate of drug-likeness (QED) is 0.789. The summed E-state index contributed by atoms with van der Waals surface area (Å²) in [5.74, 6) is 0.0381. The molecule has 2 N–H and O–H groups in total. The number of hydrogen-bond donors (Lipinski definition) is 2. The van der Waals surface area contributed by atoms with Crippen LogP contribution in [0.15, 0.2) is 24.4 Å². The second kappa shape index (κ2) is 7.14. The van der Waals surface area contributed by atoms with Crippen LogP contribution in [-0.4, -0.2) is 38.2 Å². The van der Waals surface area contributed by atoms with E-state index in [1.807, 2.05) is 42.9 Å². The summed E-state index contributed by atoms with van der Waals surface area (Å²) in [5.41, 5.74) is 2.93. The molecule has 1 amide bonds. The number of carbonyl (C=O) groups excluding carboxylic acids is 1. The maximum Gasteiger partial charge on any atom is 0.224 e. The van der Waals surface area contributed by atoms with Gasteiger partial charge in [0.25, 0.3) is 0 Å². The van der Waals surface area contributed by atoms with Gasteiger partial charge in [0.2, 0.25) is 15.9 Å². The van der Waals surface area contributed by atoms with Gasteiger partial charge < -0.3 is 9.88 Å². The van der Waals surface area contributed by atoms with E-state index in [0.29, 0.717) is 19.4 Å². The van der Waals surface area contributed by atoms with Crippen LogP contribution >= 0.6 is 0 Å². The molecule has 1 aromatic carbocycles. The molecule has 6 nitrogen and oxygen atoms in total. The van der Waals surface area contributed by atoms with Gasteiger partial charge in [0.15, 0.2) is 0 Å². The summed E-state index contributed by atoms with van der Waals surface area (Å²) >= 11 is 0. The highest BCUT2D eigenvalue weighted by molar-refractivity contribution is 7.89. The van der Waals surface area contributed by atoms with Gasteiger partial charge in [0.05, 0.1) is 12.2 Å². The fourth-order valence-corrected chi connectivity index (χ4v) is 3.31. The first-order valence-electron chi connectivity index (χ1n) is 7.61. The molecule has 0 fully saturated rings. The summed E-state index contributed by atoms with van der Waals surface area (Å²) in [6.07, 6.45) is 2.71. The van der Waals surface area contributed by atoms with Crippen molar-refractivity contribution in [3.05, 3.63) is 35.5 Å². The van der Waals surface area contributed by atoms with Crippen molar-refractivity contribution in [2.45, 2.75) is 19.8 Å². The Morgan fingerprint density at radius 1 is 1.30 bits per heavy atom. The molecule has 1 aromatic heterocycles. The summed E-state index contributed by atoms with van der Waals surface area (Å²) in [6, 6.07) is 5.89. The highest BCUT2D eigenvalue weighted by atomic mass is 32.2. The smallest absolute Gasteiger partial charge is 0.224 e. The zero-order valence-corrected chi connectivity index (χ0v) is 14.5. The topological polar surface area (TPSA) is 80.2 Å². The summed E-state index contributed by atoms with van der Waals surface area (Å²) in [5, 5.41) is 3.80. The molecule has 0 radical (unpaired) electrons. The summed E-state index contributed by atoms with van der Waals surface area (Å²) in [6.45, 7) is 2.50. The maximum absolute atomic E-state index is 11.8. The van der Waals surface area contributed by atoms with Crippen LogP contribution in [0.2, 0.25) is 0 Å². The maximum atomic E-state index is 11.8. The number of amides is 1. The van der Waals surface area contributed by atoms with Crippen LogP contribution in [0.25, 0.3) is 10.9 Å².